The maximum atomic E-state index is 13.2. The second kappa shape index (κ2) is 9.56. The summed E-state index contributed by atoms with van der Waals surface area (Å²) in [5.41, 5.74) is 4.22. The third-order valence-electron chi connectivity index (χ3n) is 5.51. The minimum atomic E-state index is -0.230. The molecule has 1 fully saturated rings. The fourth-order valence-corrected chi connectivity index (χ4v) is 3.92. The Morgan fingerprint density at radius 1 is 1.00 bits per heavy atom. The Labute approximate surface area is 188 Å². The number of amides is 3. The minimum Gasteiger partial charge on any atom is -0.497 e. The first kappa shape index (κ1) is 21.4. The molecular formula is C26H27N3O3. The van der Waals surface area contributed by atoms with E-state index in [-0.39, 0.29) is 11.9 Å². The summed E-state index contributed by atoms with van der Waals surface area (Å²) in [5.74, 6) is 0.395. The van der Waals surface area contributed by atoms with Crippen LogP contribution in [0.1, 0.15) is 27.9 Å². The molecule has 3 amide bonds. The third-order valence-corrected chi connectivity index (χ3v) is 5.51. The highest BCUT2D eigenvalue weighted by Gasteiger charge is 2.27. The second-order valence-corrected chi connectivity index (χ2v) is 7.93. The standard InChI is InChI=1S/C26H27N3O3/c1-19-7-3-8-20(15-19)18-28-13-6-14-29(26(28)31)23-11-5-10-22(17-23)27-25(30)21-9-4-12-24(16-21)32-2/h3-5,7-12,15-17H,6,13-14,18H2,1-2H3,(H,27,30). The molecule has 1 aliphatic heterocycles. The number of hydrogen-bond acceptors (Lipinski definition) is 3. The van der Waals surface area contributed by atoms with Gasteiger partial charge in [-0.2, -0.15) is 0 Å². The van der Waals surface area contributed by atoms with Crippen LogP contribution in [0.3, 0.4) is 0 Å². The van der Waals surface area contributed by atoms with Crippen molar-refractivity contribution in [2.75, 3.05) is 30.4 Å². The van der Waals surface area contributed by atoms with E-state index in [2.05, 4.69) is 24.4 Å². The van der Waals surface area contributed by atoms with Gasteiger partial charge in [0.1, 0.15) is 5.75 Å². The molecule has 3 aromatic rings. The van der Waals surface area contributed by atoms with Crippen molar-refractivity contribution in [1.29, 1.82) is 0 Å². The first-order valence-corrected chi connectivity index (χ1v) is 10.7. The first-order valence-electron chi connectivity index (χ1n) is 10.7. The predicted octanol–water partition coefficient (Wildman–Crippen LogP) is 5.09. The summed E-state index contributed by atoms with van der Waals surface area (Å²) < 4.78 is 5.20. The summed E-state index contributed by atoms with van der Waals surface area (Å²) in [6.07, 6.45) is 0.887. The fraction of sp³-hybridized carbons (Fsp3) is 0.231. The Balaban J connectivity index is 1.48. The van der Waals surface area contributed by atoms with Gasteiger partial charge >= 0.3 is 6.03 Å². The van der Waals surface area contributed by atoms with Crippen molar-refractivity contribution < 1.29 is 14.3 Å². The van der Waals surface area contributed by atoms with Crippen LogP contribution in [0.5, 0.6) is 5.75 Å². The molecule has 6 nitrogen and oxygen atoms in total. The summed E-state index contributed by atoms with van der Waals surface area (Å²) in [5, 5.41) is 2.92. The van der Waals surface area contributed by atoms with Crippen molar-refractivity contribution in [3.05, 3.63) is 89.5 Å². The second-order valence-electron chi connectivity index (χ2n) is 7.93. The molecule has 1 saturated heterocycles. The molecule has 0 atom stereocenters. The summed E-state index contributed by atoms with van der Waals surface area (Å²) >= 11 is 0. The third kappa shape index (κ3) is 4.91. The number of carbonyl (C=O) groups is 2. The normalized spacial score (nSPS) is 13.8. The quantitative estimate of drug-likeness (QED) is 0.594. The van der Waals surface area contributed by atoms with Crippen molar-refractivity contribution in [2.24, 2.45) is 0 Å². The summed E-state index contributed by atoms with van der Waals surface area (Å²) in [7, 11) is 1.57. The maximum absolute atomic E-state index is 13.2. The van der Waals surface area contributed by atoms with E-state index >= 15 is 0 Å². The highest BCUT2D eigenvalue weighted by molar-refractivity contribution is 6.05. The maximum Gasteiger partial charge on any atom is 0.324 e. The molecule has 0 unspecified atom stereocenters. The van der Waals surface area contributed by atoms with Crippen LogP contribution in [0.4, 0.5) is 16.2 Å². The summed E-state index contributed by atoms with van der Waals surface area (Å²) in [6, 6.07) is 22.6. The minimum absolute atomic E-state index is 0.0194. The molecule has 0 aliphatic carbocycles. The van der Waals surface area contributed by atoms with Crippen LogP contribution in [-0.4, -0.2) is 37.0 Å². The van der Waals surface area contributed by atoms with Gasteiger partial charge in [0.15, 0.2) is 0 Å². The van der Waals surface area contributed by atoms with Gasteiger partial charge < -0.3 is 15.0 Å². The van der Waals surface area contributed by atoms with Crippen LogP contribution >= 0.6 is 0 Å². The van der Waals surface area contributed by atoms with Gasteiger partial charge in [0.05, 0.1) is 7.11 Å². The van der Waals surface area contributed by atoms with Crippen LogP contribution in [0.2, 0.25) is 0 Å². The number of aryl methyl sites for hydroxylation is 1. The number of rotatable bonds is 6. The van der Waals surface area contributed by atoms with Gasteiger partial charge in [-0.05, 0) is 55.3 Å². The number of anilines is 2. The van der Waals surface area contributed by atoms with E-state index in [1.54, 1.807) is 36.3 Å². The van der Waals surface area contributed by atoms with Crippen LogP contribution in [0.15, 0.2) is 72.8 Å². The highest BCUT2D eigenvalue weighted by atomic mass is 16.5. The van der Waals surface area contributed by atoms with Crippen molar-refractivity contribution in [3.8, 4) is 5.75 Å². The molecule has 0 saturated carbocycles. The lowest BCUT2D eigenvalue weighted by atomic mass is 10.1. The highest BCUT2D eigenvalue weighted by Crippen LogP contribution is 2.25. The first-order chi connectivity index (χ1) is 15.5. The largest absolute Gasteiger partial charge is 0.497 e. The smallest absolute Gasteiger partial charge is 0.324 e. The Bertz CT molecular complexity index is 1130. The van der Waals surface area contributed by atoms with Crippen molar-refractivity contribution >= 4 is 23.3 Å². The summed E-state index contributed by atoms with van der Waals surface area (Å²) in [6.45, 7) is 4.02. The molecule has 1 aliphatic rings. The number of carbonyl (C=O) groups excluding carboxylic acids is 2. The molecule has 0 bridgehead atoms. The van der Waals surface area contributed by atoms with Crippen LogP contribution in [-0.2, 0) is 6.54 Å². The molecule has 1 N–H and O–H groups in total. The average molecular weight is 430 g/mol. The Morgan fingerprint density at radius 3 is 2.62 bits per heavy atom. The number of methoxy groups -OCH3 is 1. The van der Waals surface area contributed by atoms with Gasteiger partial charge in [-0.3, -0.25) is 9.69 Å². The zero-order chi connectivity index (χ0) is 22.5. The Kier molecular flexibility index (Phi) is 6.40. The van der Waals surface area contributed by atoms with Gasteiger partial charge in [0, 0.05) is 36.6 Å². The van der Waals surface area contributed by atoms with Gasteiger partial charge in [-0.25, -0.2) is 4.79 Å². The van der Waals surface area contributed by atoms with Crippen molar-refractivity contribution in [1.82, 2.24) is 4.90 Å². The van der Waals surface area contributed by atoms with Crippen molar-refractivity contribution in [3.63, 3.8) is 0 Å². The number of nitrogens with one attached hydrogen (secondary N) is 1. The van der Waals surface area contributed by atoms with E-state index in [9.17, 15) is 9.59 Å². The van der Waals surface area contributed by atoms with Crippen LogP contribution in [0.25, 0.3) is 0 Å². The zero-order valence-corrected chi connectivity index (χ0v) is 18.4. The van der Waals surface area contributed by atoms with E-state index in [0.29, 0.717) is 30.1 Å². The lowest BCUT2D eigenvalue weighted by molar-refractivity contribution is 0.102. The van der Waals surface area contributed by atoms with E-state index in [4.69, 9.17) is 4.74 Å². The number of benzene rings is 3. The molecule has 164 valence electrons. The predicted molar refractivity (Wildman–Crippen MR) is 126 cm³/mol. The molecular weight excluding hydrogens is 402 g/mol. The van der Waals surface area contributed by atoms with Gasteiger partial charge in [0.25, 0.3) is 5.91 Å². The summed E-state index contributed by atoms with van der Waals surface area (Å²) in [4.78, 5) is 29.5. The molecule has 0 spiro atoms. The molecule has 3 aromatic carbocycles. The SMILES string of the molecule is COc1cccc(C(=O)Nc2cccc(N3CCCN(Cc4cccc(C)c4)C3=O)c2)c1. The molecule has 0 radical (unpaired) electrons. The fourth-order valence-electron chi connectivity index (χ4n) is 3.92. The van der Waals surface area contributed by atoms with Crippen molar-refractivity contribution in [2.45, 2.75) is 19.9 Å². The van der Waals surface area contributed by atoms with Gasteiger partial charge in [-0.1, -0.05) is 42.0 Å². The number of nitrogens with zero attached hydrogens (tertiary/aromatic N) is 2. The van der Waals surface area contributed by atoms with Gasteiger partial charge in [0.2, 0.25) is 0 Å². The molecule has 6 heteroatoms. The molecule has 0 aromatic heterocycles. The lowest BCUT2D eigenvalue weighted by Crippen LogP contribution is -2.49. The topological polar surface area (TPSA) is 61.9 Å². The molecule has 1 heterocycles. The van der Waals surface area contributed by atoms with E-state index in [1.807, 2.05) is 41.3 Å². The zero-order valence-electron chi connectivity index (χ0n) is 18.4. The van der Waals surface area contributed by atoms with Crippen LogP contribution < -0.4 is 15.0 Å². The van der Waals surface area contributed by atoms with Crippen LogP contribution in [0, 0.1) is 6.92 Å². The number of hydrogen-bond donors (Lipinski definition) is 1. The van der Waals surface area contributed by atoms with E-state index in [1.165, 1.54) is 5.56 Å². The Hall–Kier alpha value is -3.80. The Morgan fingerprint density at radius 2 is 1.81 bits per heavy atom. The van der Waals surface area contributed by atoms with E-state index < -0.39 is 0 Å². The average Bonchev–Trinajstić information content (AvgIpc) is 2.81. The van der Waals surface area contributed by atoms with Gasteiger partial charge in [-0.15, -0.1) is 0 Å². The number of ether oxygens (including phenoxy) is 1. The molecule has 32 heavy (non-hydrogen) atoms. The lowest BCUT2D eigenvalue weighted by Gasteiger charge is -2.36. The molecule has 4 rings (SSSR count). The monoisotopic (exact) mass is 429 g/mol. The number of urea groups is 1. The van der Waals surface area contributed by atoms with E-state index in [0.717, 1.165) is 24.2 Å².